The average molecular weight is 273 g/mol. The molecule has 0 fully saturated rings. The highest BCUT2D eigenvalue weighted by Crippen LogP contribution is 2.22. The fraction of sp³-hybridized carbons (Fsp3) is 0.312. The molecule has 2 aromatic carbocycles. The summed E-state index contributed by atoms with van der Waals surface area (Å²) in [6.07, 6.45) is 1.63. The number of hydrogen-bond acceptors (Lipinski definition) is 2. The van der Waals surface area contributed by atoms with E-state index in [1.165, 1.54) is 22.7 Å². The molecule has 0 saturated carbocycles. The van der Waals surface area contributed by atoms with Crippen LogP contribution in [0.2, 0.25) is 0 Å². The van der Waals surface area contributed by atoms with E-state index in [-0.39, 0.29) is 5.91 Å². The van der Waals surface area contributed by atoms with E-state index in [9.17, 15) is 4.79 Å². The molecule has 1 unspecified atom stereocenters. The summed E-state index contributed by atoms with van der Waals surface area (Å²) in [7, 11) is 0. The van der Waals surface area contributed by atoms with Gasteiger partial charge in [-0.15, -0.1) is 0 Å². The Kier molecular flexibility index (Phi) is 4.86. The van der Waals surface area contributed by atoms with Crippen LogP contribution in [0, 0.1) is 5.92 Å². The van der Waals surface area contributed by atoms with Gasteiger partial charge in [0.25, 0.3) is 0 Å². The third-order valence-electron chi connectivity index (χ3n) is 3.23. The molecular formula is C16H19NOS. The molecule has 3 heteroatoms. The zero-order valence-electron chi connectivity index (χ0n) is 11.3. The Bertz CT molecular complexity index is 567. The molecule has 1 atom stereocenters. The van der Waals surface area contributed by atoms with Crippen LogP contribution in [0.15, 0.2) is 47.4 Å². The summed E-state index contributed by atoms with van der Waals surface area (Å²) in [5.74, 6) is 0.546. The van der Waals surface area contributed by atoms with E-state index in [1.54, 1.807) is 0 Å². The number of carbonyl (C=O) groups excluding carboxylic acids is 1. The first kappa shape index (κ1) is 13.9. The van der Waals surface area contributed by atoms with E-state index in [1.807, 2.05) is 18.2 Å². The van der Waals surface area contributed by atoms with Crippen LogP contribution in [-0.2, 0) is 4.79 Å². The van der Waals surface area contributed by atoms with Gasteiger partial charge < -0.3 is 0 Å². The number of nitrogens with one attached hydrogen (secondary N) is 1. The lowest BCUT2D eigenvalue weighted by atomic mass is 10.1. The first-order valence-electron chi connectivity index (χ1n) is 6.63. The standard InChI is InChI=1S/C16H19NOS/c1-3-12(2)10-16(18)17-19-15-9-8-13-6-4-5-7-14(13)11-15/h4-9,11-12H,3,10H2,1-2H3,(H,17,18). The number of amides is 1. The van der Waals surface area contributed by atoms with Gasteiger partial charge in [-0.25, -0.2) is 0 Å². The van der Waals surface area contributed by atoms with Gasteiger partial charge in [0.15, 0.2) is 0 Å². The Labute approximate surface area is 118 Å². The van der Waals surface area contributed by atoms with Crippen LogP contribution in [0.1, 0.15) is 26.7 Å². The summed E-state index contributed by atoms with van der Waals surface area (Å²) in [4.78, 5) is 12.8. The third kappa shape index (κ3) is 4.00. The lowest BCUT2D eigenvalue weighted by Gasteiger charge is -2.08. The monoisotopic (exact) mass is 273 g/mol. The number of rotatable bonds is 5. The Morgan fingerprint density at radius 1 is 1.21 bits per heavy atom. The van der Waals surface area contributed by atoms with Gasteiger partial charge in [-0.1, -0.05) is 50.6 Å². The van der Waals surface area contributed by atoms with Crippen molar-refractivity contribution < 1.29 is 4.79 Å². The van der Waals surface area contributed by atoms with Crippen molar-refractivity contribution in [3.8, 4) is 0 Å². The lowest BCUT2D eigenvalue weighted by molar-refractivity contribution is -0.120. The third-order valence-corrected chi connectivity index (χ3v) is 4.05. The summed E-state index contributed by atoms with van der Waals surface area (Å²) in [6, 6.07) is 14.4. The van der Waals surface area contributed by atoms with Gasteiger partial charge >= 0.3 is 0 Å². The molecule has 0 aromatic heterocycles. The van der Waals surface area contributed by atoms with Crippen LogP contribution in [0.4, 0.5) is 0 Å². The summed E-state index contributed by atoms with van der Waals surface area (Å²) >= 11 is 1.40. The van der Waals surface area contributed by atoms with Crippen molar-refractivity contribution in [1.29, 1.82) is 0 Å². The van der Waals surface area contributed by atoms with Gasteiger partial charge in [0.2, 0.25) is 5.91 Å². The Morgan fingerprint density at radius 3 is 2.68 bits per heavy atom. The minimum atomic E-state index is 0.104. The molecule has 0 aliphatic rings. The highest BCUT2D eigenvalue weighted by molar-refractivity contribution is 7.98. The molecule has 0 bridgehead atoms. The predicted octanol–water partition coefficient (Wildman–Crippen LogP) is 4.40. The van der Waals surface area contributed by atoms with Gasteiger partial charge in [-0.05, 0) is 40.8 Å². The van der Waals surface area contributed by atoms with Crippen LogP contribution < -0.4 is 4.72 Å². The average Bonchev–Trinajstić information content (AvgIpc) is 2.44. The fourth-order valence-corrected chi connectivity index (χ4v) is 2.49. The van der Waals surface area contributed by atoms with Gasteiger partial charge in [0.1, 0.15) is 0 Å². The van der Waals surface area contributed by atoms with Gasteiger partial charge in [-0.2, -0.15) is 0 Å². The molecule has 100 valence electrons. The van der Waals surface area contributed by atoms with Crippen LogP contribution in [0.3, 0.4) is 0 Å². The molecule has 0 radical (unpaired) electrons. The molecule has 2 aromatic rings. The molecular weight excluding hydrogens is 254 g/mol. The SMILES string of the molecule is CCC(C)CC(=O)NSc1ccc2ccccc2c1. The maximum Gasteiger partial charge on any atom is 0.230 e. The second-order valence-electron chi connectivity index (χ2n) is 4.85. The number of fused-ring (bicyclic) bond motifs is 1. The quantitative estimate of drug-likeness (QED) is 0.818. The summed E-state index contributed by atoms with van der Waals surface area (Å²) in [6.45, 7) is 4.20. The smallest absolute Gasteiger partial charge is 0.230 e. The fourth-order valence-electron chi connectivity index (χ4n) is 1.85. The minimum Gasteiger partial charge on any atom is -0.296 e. The second-order valence-corrected chi connectivity index (χ2v) is 5.73. The van der Waals surface area contributed by atoms with E-state index in [0.717, 1.165) is 11.3 Å². The van der Waals surface area contributed by atoms with Crippen molar-refractivity contribution in [2.24, 2.45) is 5.92 Å². The van der Waals surface area contributed by atoms with Crippen molar-refractivity contribution in [2.75, 3.05) is 0 Å². The minimum absolute atomic E-state index is 0.104. The molecule has 0 aliphatic heterocycles. The number of carbonyl (C=O) groups is 1. The maximum atomic E-state index is 11.7. The molecule has 2 nitrogen and oxygen atoms in total. The van der Waals surface area contributed by atoms with E-state index in [2.05, 4.69) is 42.8 Å². The zero-order chi connectivity index (χ0) is 13.7. The van der Waals surface area contributed by atoms with Crippen LogP contribution >= 0.6 is 11.9 Å². The summed E-state index contributed by atoms with van der Waals surface area (Å²) < 4.78 is 2.91. The highest BCUT2D eigenvalue weighted by atomic mass is 32.2. The van der Waals surface area contributed by atoms with Gasteiger partial charge in [-0.3, -0.25) is 9.52 Å². The van der Waals surface area contributed by atoms with E-state index in [4.69, 9.17) is 0 Å². The molecule has 0 aliphatic carbocycles. The van der Waals surface area contributed by atoms with Crippen molar-refractivity contribution in [3.05, 3.63) is 42.5 Å². The first-order chi connectivity index (χ1) is 9.19. The topological polar surface area (TPSA) is 29.1 Å². The van der Waals surface area contributed by atoms with E-state index >= 15 is 0 Å². The largest absolute Gasteiger partial charge is 0.296 e. The van der Waals surface area contributed by atoms with Crippen molar-refractivity contribution in [3.63, 3.8) is 0 Å². The molecule has 0 spiro atoms. The summed E-state index contributed by atoms with van der Waals surface area (Å²) in [5, 5.41) is 2.42. The Morgan fingerprint density at radius 2 is 1.95 bits per heavy atom. The molecule has 1 amide bonds. The van der Waals surface area contributed by atoms with E-state index < -0.39 is 0 Å². The maximum absolute atomic E-state index is 11.7. The number of hydrogen-bond donors (Lipinski definition) is 1. The summed E-state index contributed by atoms with van der Waals surface area (Å²) in [5.41, 5.74) is 0. The normalized spacial score (nSPS) is 12.3. The van der Waals surface area contributed by atoms with Crippen molar-refractivity contribution in [2.45, 2.75) is 31.6 Å². The first-order valence-corrected chi connectivity index (χ1v) is 7.45. The molecule has 0 saturated heterocycles. The van der Waals surface area contributed by atoms with Crippen molar-refractivity contribution >= 4 is 28.6 Å². The Hall–Kier alpha value is -1.48. The van der Waals surface area contributed by atoms with E-state index in [0.29, 0.717) is 12.3 Å². The molecule has 0 heterocycles. The highest BCUT2D eigenvalue weighted by Gasteiger charge is 2.07. The molecule has 1 N–H and O–H groups in total. The number of benzene rings is 2. The zero-order valence-corrected chi connectivity index (χ0v) is 12.2. The Balaban J connectivity index is 1.96. The lowest BCUT2D eigenvalue weighted by Crippen LogP contribution is -2.18. The van der Waals surface area contributed by atoms with Gasteiger partial charge in [0.05, 0.1) is 0 Å². The molecule has 19 heavy (non-hydrogen) atoms. The second kappa shape index (κ2) is 6.62. The molecule has 2 rings (SSSR count). The van der Waals surface area contributed by atoms with Gasteiger partial charge in [0, 0.05) is 11.3 Å². The van der Waals surface area contributed by atoms with Crippen molar-refractivity contribution in [1.82, 2.24) is 4.72 Å². The predicted molar refractivity (Wildman–Crippen MR) is 82.0 cm³/mol. The van der Waals surface area contributed by atoms with Crippen LogP contribution in [0.5, 0.6) is 0 Å². The van der Waals surface area contributed by atoms with Crippen LogP contribution in [-0.4, -0.2) is 5.91 Å². The van der Waals surface area contributed by atoms with Crippen LogP contribution in [0.25, 0.3) is 10.8 Å².